The number of amides is 1. The smallest absolute Gasteiger partial charge is 0.256 e. The van der Waals surface area contributed by atoms with Crippen molar-refractivity contribution in [2.24, 2.45) is 0 Å². The average molecular weight is 341 g/mol. The van der Waals surface area contributed by atoms with Gasteiger partial charge in [-0.2, -0.15) is 0 Å². The van der Waals surface area contributed by atoms with Crippen LogP contribution in [-0.4, -0.2) is 50.2 Å². The summed E-state index contributed by atoms with van der Waals surface area (Å²) in [4.78, 5) is 22.5. The monoisotopic (exact) mass is 341 g/mol. The Kier molecular flexibility index (Phi) is 3.76. The molecule has 2 atom stereocenters. The third-order valence-corrected chi connectivity index (χ3v) is 4.23. The van der Waals surface area contributed by atoms with E-state index in [2.05, 4.69) is 20.2 Å². The molecule has 1 aliphatic heterocycles. The van der Waals surface area contributed by atoms with Crippen LogP contribution in [0.4, 0.5) is 0 Å². The third kappa shape index (κ3) is 2.89. The van der Waals surface area contributed by atoms with Gasteiger partial charge in [0.15, 0.2) is 6.10 Å². The Balaban J connectivity index is 1.64. The Bertz CT molecular complexity index is 931. The summed E-state index contributed by atoms with van der Waals surface area (Å²) in [6, 6.07) is 5.57. The van der Waals surface area contributed by atoms with Crippen molar-refractivity contribution < 1.29 is 13.9 Å². The van der Waals surface area contributed by atoms with Gasteiger partial charge in [-0.25, -0.2) is 4.98 Å². The first-order valence-electron chi connectivity index (χ1n) is 8.21. The molecule has 1 saturated heterocycles. The van der Waals surface area contributed by atoms with Gasteiger partial charge in [0.25, 0.3) is 5.91 Å². The minimum absolute atomic E-state index is 0.0755. The highest BCUT2D eigenvalue weighted by Gasteiger charge is 2.33. The number of carbonyl (C=O) groups excluding carboxylic acids is 1. The number of benzene rings is 1. The molecule has 25 heavy (non-hydrogen) atoms. The van der Waals surface area contributed by atoms with Crippen LogP contribution >= 0.6 is 0 Å². The van der Waals surface area contributed by atoms with Gasteiger partial charge in [-0.1, -0.05) is 6.07 Å². The van der Waals surface area contributed by atoms with E-state index in [1.165, 1.54) is 0 Å². The van der Waals surface area contributed by atoms with E-state index in [0.29, 0.717) is 36.0 Å². The van der Waals surface area contributed by atoms with Crippen molar-refractivity contribution in [1.82, 2.24) is 25.1 Å². The molecule has 0 saturated carbocycles. The van der Waals surface area contributed by atoms with E-state index in [1.807, 2.05) is 26.0 Å². The zero-order chi connectivity index (χ0) is 17.6. The van der Waals surface area contributed by atoms with Crippen molar-refractivity contribution in [2.45, 2.75) is 33.0 Å². The molecule has 0 aliphatic carbocycles. The van der Waals surface area contributed by atoms with E-state index < -0.39 is 6.10 Å². The molecule has 0 bridgehead atoms. The summed E-state index contributed by atoms with van der Waals surface area (Å²) < 4.78 is 11.4. The molecule has 1 amide bonds. The quantitative estimate of drug-likeness (QED) is 0.767. The van der Waals surface area contributed by atoms with Crippen LogP contribution in [-0.2, 0) is 4.74 Å². The summed E-state index contributed by atoms with van der Waals surface area (Å²) in [7, 11) is 0. The molecule has 3 heterocycles. The highest BCUT2D eigenvalue weighted by Crippen LogP contribution is 2.26. The molecule has 2 aromatic heterocycles. The van der Waals surface area contributed by atoms with Crippen LogP contribution in [0.25, 0.3) is 11.0 Å². The second-order valence-corrected chi connectivity index (χ2v) is 6.33. The first kappa shape index (κ1) is 15.8. The Morgan fingerprint density at radius 1 is 1.28 bits per heavy atom. The number of rotatable bonds is 2. The lowest BCUT2D eigenvalue weighted by atomic mass is 10.1. The number of nitrogens with one attached hydrogen (secondary N) is 1. The molecule has 130 valence electrons. The first-order chi connectivity index (χ1) is 12.0. The number of aromatic amines is 1. The molecule has 3 aromatic rings. The van der Waals surface area contributed by atoms with E-state index in [9.17, 15) is 4.79 Å². The fourth-order valence-electron chi connectivity index (χ4n) is 3.19. The lowest BCUT2D eigenvalue weighted by Gasteiger charge is -2.35. The summed E-state index contributed by atoms with van der Waals surface area (Å²) >= 11 is 0. The SMILES string of the molecule is Cc1nc2c(C(=O)N3C[C@@H](C)O[C@@H](c4nnc(C)o4)C3)cccc2[nH]1. The maximum Gasteiger partial charge on any atom is 0.256 e. The van der Waals surface area contributed by atoms with Crippen LogP contribution in [0.2, 0.25) is 0 Å². The maximum absolute atomic E-state index is 13.1. The van der Waals surface area contributed by atoms with E-state index in [0.717, 1.165) is 11.3 Å². The van der Waals surface area contributed by atoms with Gasteiger partial charge in [-0.3, -0.25) is 4.79 Å². The van der Waals surface area contributed by atoms with Gasteiger partial charge in [-0.05, 0) is 26.0 Å². The molecule has 0 unspecified atom stereocenters. The molecule has 0 spiro atoms. The maximum atomic E-state index is 13.1. The number of nitrogens with zero attached hydrogens (tertiary/aromatic N) is 4. The van der Waals surface area contributed by atoms with Crippen molar-refractivity contribution in [3.8, 4) is 0 Å². The Morgan fingerprint density at radius 2 is 2.12 bits per heavy atom. The number of H-pyrrole nitrogens is 1. The molecular formula is C17H19N5O3. The molecule has 1 aliphatic rings. The molecule has 1 aromatic carbocycles. The first-order valence-corrected chi connectivity index (χ1v) is 8.21. The second kappa shape index (κ2) is 5.96. The number of carbonyl (C=O) groups is 1. The zero-order valence-corrected chi connectivity index (χ0v) is 14.3. The van der Waals surface area contributed by atoms with Crippen molar-refractivity contribution in [3.63, 3.8) is 0 Å². The molecule has 1 N–H and O–H groups in total. The van der Waals surface area contributed by atoms with Crippen molar-refractivity contribution in [2.75, 3.05) is 13.1 Å². The number of morpholine rings is 1. The number of para-hydroxylation sites is 1. The number of imidazole rings is 1. The van der Waals surface area contributed by atoms with Crippen molar-refractivity contribution >= 4 is 16.9 Å². The number of fused-ring (bicyclic) bond motifs is 1. The number of ether oxygens (including phenoxy) is 1. The summed E-state index contributed by atoms with van der Waals surface area (Å²) in [6.07, 6.45) is -0.552. The van der Waals surface area contributed by atoms with E-state index in [4.69, 9.17) is 9.15 Å². The Hall–Kier alpha value is -2.74. The normalized spacial score (nSPS) is 21.0. The fourth-order valence-corrected chi connectivity index (χ4v) is 3.19. The molecule has 8 nitrogen and oxygen atoms in total. The molecule has 4 rings (SSSR count). The van der Waals surface area contributed by atoms with Gasteiger partial charge in [0.1, 0.15) is 11.3 Å². The van der Waals surface area contributed by atoms with E-state index >= 15 is 0 Å². The van der Waals surface area contributed by atoms with Gasteiger partial charge >= 0.3 is 0 Å². The lowest BCUT2D eigenvalue weighted by molar-refractivity contribution is -0.0796. The van der Waals surface area contributed by atoms with Gasteiger partial charge in [0.05, 0.1) is 23.7 Å². The minimum atomic E-state index is -0.422. The van der Waals surface area contributed by atoms with Crippen LogP contribution in [0.5, 0.6) is 0 Å². The van der Waals surface area contributed by atoms with Crippen LogP contribution in [0, 0.1) is 13.8 Å². The van der Waals surface area contributed by atoms with Crippen molar-refractivity contribution in [1.29, 1.82) is 0 Å². The van der Waals surface area contributed by atoms with Crippen LogP contribution in [0.3, 0.4) is 0 Å². The van der Waals surface area contributed by atoms with Gasteiger partial charge in [0.2, 0.25) is 11.8 Å². The number of aromatic nitrogens is 4. The molecule has 0 radical (unpaired) electrons. The van der Waals surface area contributed by atoms with Gasteiger partial charge in [-0.15, -0.1) is 10.2 Å². The largest absolute Gasteiger partial charge is 0.423 e. The van der Waals surface area contributed by atoms with E-state index in [1.54, 1.807) is 17.9 Å². The summed E-state index contributed by atoms with van der Waals surface area (Å²) in [5.74, 6) is 1.58. The molecular weight excluding hydrogens is 322 g/mol. The van der Waals surface area contributed by atoms with Gasteiger partial charge < -0.3 is 19.0 Å². The average Bonchev–Trinajstić information content (AvgIpc) is 3.18. The second-order valence-electron chi connectivity index (χ2n) is 6.33. The lowest BCUT2D eigenvalue weighted by Crippen LogP contribution is -2.46. The van der Waals surface area contributed by atoms with Crippen LogP contribution < -0.4 is 0 Å². The molecule has 8 heteroatoms. The highest BCUT2D eigenvalue weighted by atomic mass is 16.5. The number of hydrogen-bond donors (Lipinski definition) is 1. The summed E-state index contributed by atoms with van der Waals surface area (Å²) in [5, 5.41) is 7.87. The summed E-state index contributed by atoms with van der Waals surface area (Å²) in [5.41, 5.74) is 2.12. The Morgan fingerprint density at radius 3 is 2.88 bits per heavy atom. The van der Waals surface area contributed by atoms with E-state index in [-0.39, 0.29) is 12.0 Å². The fraction of sp³-hybridized carbons (Fsp3) is 0.412. The topological polar surface area (TPSA) is 97.1 Å². The predicted molar refractivity (Wildman–Crippen MR) is 89.1 cm³/mol. The van der Waals surface area contributed by atoms with Gasteiger partial charge in [0, 0.05) is 13.5 Å². The Labute approximate surface area is 144 Å². The third-order valence-electron chi connectivity index (χ3n) is 4.23. The minimum Gasteiger partial charge on any atom is -0.423 e. The molecule has 1 fully saturated rings. The predicted octanol–water partition coefficient (Wildman–Crippen LogP) is 2.16. The zero-order valence-electron chi connectivity index (χ0n) is 14.3. The van der Waals surface area contributed by atoms with Crippen LogP contribution in [0.1, 0.15) is 41.0 Å². The van der Waals surface area contributed by atoms with Crippen molar-refractivity contribution in [3.05, 3.63) is 41.4 Å². The standard InChI is InChI=1S/C17H19N5O3/c1-9-7-22(8-14(24-9)16-21-20-11(3)25-16)17(23)12-5-4-6-13-15(12)19-10(2)18-13/h4-6,9,14H,7-8H2,1-3H3,(H,18,19)/t9-,14-/m1/s1. The number of hydrogen-bond acceptors (Lipinski definition) is 6. The summed E-state index contributed by atoms with van der Waals surface area (Å²) in [6.45, 7) is 6.40. The highest BCUT2D eigenvalue weighted by molar-refractivity contribution is 6.04. The number of aryl methyl sites for hydroxylation is 2. The van der Waals surface area contributed by atoms with Crippen LogP contribution in [0.15, 0.2) is 22.6 Å².